The molecule has 0 spiro atoms. The smallest absolute Gasteiger partial charge is 0.0257 e. The van der Waals surface area contributed by atoms with Gasteiger partial charge in [-0.2, -0.15) is 0 Å². The Kier molecular flexibility index (Phi) is 8.70. The van der Waals surface area contributed by atoms with Crippen LogP contribution >= 0.6 is 0 Å². The van der Waals surface area contributed by atoms with Crippen molar-refractivity contribution in [3.8, 4) is 0 Å². The Morgan fingerprint density at radius 2 is 1.69 bits per heavy atom. The summed E-state index contributed by atoms with van der Waals surface area (Å²) in [7, 11) is 0. The zero-order chi connectivity index (χ0) is 12.4. The third kappa shape index (κ3) is 5.72. The van der Waals surface area contributed by atoms with Gasteiger partial charge in [0.25, 0.3) is 0 Å². The van der Waals surface area contributed by atoms with Crippen molar-refractivity contribution < 1.29 is 0 Å². The van der Waals surface area contributed by atoms with Gasteiger partial charge in [-0.25, -0.2) is 0 Å². The second-order valence-electron chi connectivity index (χ2n) is 5.33. The number of hydrogen-bond acceptors (Lipinski definition) is 0. The first-order chi connectivity index (χ1) is 7.64. The van der Waals surface area contributed by atoms with Crippen LogP contribution in [0.3, 0.4) is 0 Å². The molecule has 0 amide bonds. The van der Waals surface area contributed by atoms with Crippen LogP contribution in [0.15, 0.2) is 12.2 Å². The fourth-order valence-corrected chi connectivity index (χ4v) is 2.67. The van der Waals surface area contributed by atoms with Crippen molar-refractivity contribution in [3.63, 3.8) is 0 Å². The fraction of sp³-hybridized carbons (Fsp3) is 0.875. The number of rotatable bonds is 9. The predicted octanol–water partition coefficient (Wildman–Crippen LogP) is 5.98. The highest BCUT2D eigenvalue weighted by Crippen LogP contribution is 2.39. The first-order valence-electron chi connectivity index (χ1n) is 7.30. The molecule has 96 valence electrons. The van der Waals surface area contributed by atoms with Crippen LogP contribution in [-0.4, -0.2) is 0 Å². The van der Waals surface area contributed by atoms with Crippen LogP contribution in [0.5, 0.6) is 0 Å². The molecule has 0 bridgehead atoms. The third-order valence-electron chi connectivity index (χ3n) is 4.02. The minimum Gasteiger partial charge on any atom is -0.0885 e. The molecular formula is C16H32. The summed E-state index contributed by atoms with van der Waals surface area (Å²) in [5.41, 5.74) is 0.605. The summed E-state index contributed by atoms with van der Waals surface area (Å²) in [5, 5.41) is 0. The van der Waals surface area contributed by atoms with Crippen molar-refractivity contribution in [2.75, 3.05) is 0 Å². The third-order valence-corrected chi connectivity index (χ3v) is 4.02. The van der Waals surface area contributed by atoms with Gasteiger partial charge in [-0.3, -0.25) is 0 Å². The van der Waals surface area contributed by atoms with Crippen LogP contribution in [0.1, 0.15) is 79.6 Å². The lowest BCUT2D eigenvalue weighted by Crippen LogP contribution is -2.21. The highest BCUT2D eigenvalue weighted by atomic mass is 14.3. The molecule has 0 aromatic carbocycles. The average molecular weight is 224 g/mol. The second kappa shape index (κ2) is 8.84. The summed E-state index contributed by atoms with van der Waals surface area (Å²) < 4.78 is 0. The van der Waals surface area contributed by atoms with Gasteiger partial charge in [-0.05, 0) is 30.6 Å². The van der Waals surface area contributed by atoms with Crippen LogP contribution in [0.4, 0.5) is 0 Å². The molecule has 0 aliphatic heterocycles. The van der Waals surface area contributed by atoms with E-state index >= 15 is 0 Å². The van der Waals surface area contributed by atoms with Gasteiger partial charge in [-0.15, -0.1) is 0 Å². The fourth-order valence-electron chi connectivity index (χ4n) is 2.67. The Labute approximate surface area is 104 Å². The number of hydrogen-bond donors (Lipinski definition) is 0. The largest absolute Gasteiger partial charge is 0.0885 e. The Morgan fingerprint density at radius 1 is 1.06 bits per heavy atom. The van der Waals surface area contributed by atoms with E-state index in [2.05, 4.69) is 46.8 Å². The summed E-state index contributed by atoms with van der Waals surface area (Å²) in [5.74, 6) is 0.747. The van der Waals surface area contributed by atoms with Gasteiger partial charge in [0, 0.05) is 0 Å². The molecule has 0 fully saturated rings. The summed E-state index contributed by atoms with van der Waals surface area (Å²) in [6, 6.07) is 0. The van der Waals surface area contributed by atoms with Crippen LogP contribution in [0.2, 0.25) is 0 Å². The van der Waals surface area contributed by atoms with E-state index in [-0.39, 0.29) is 0 Å². The molecular weight excluding hydrogens is 192 g/mol. The maximum Gasteiger partial charge on any atom is -0.0257 e. The van der Waals surface area contributed by atoms with Gasteiger partial charge >= 0.3 is 0 Å². The van der Waals surface area contributed by atoms with E-state index < -0.39 is 0 Å². The van der Waals surface area contributed by atoms with E-state index in [4.69, 9.17) is 0 Å². The van der Waals surface area contributed by atoms with E-state index in [1.54, 1.807) is 0 Å². The van der Waals surface area contributed by atoms with Gasteiger partial charge in [-0.1, -0.05) is 72.5 Å². The maximum absolute atomic E-state index is 2.41. The summed E-state index contributed by atoms with van der Waals surface area (Å²) >= 11 is 0. The van der Waals surface area contributed by atoms with Crippen molar-refractivity contribution >= 4 is 0 Å². The average Bonchev–Trinajstić information content (AvgIpc) is 2.32. The first kappa shape index (κ1) is 15.7. The molecule has 0 aromatic heterocycles. The molecule has 1 unspecified atom stereocenters. The molecule has 0 radical (unpaired) electrons. The van der Waals surface area contributed by atoms with Gasteiger partial charge in [0.05, 0.1) is 0 Å². The lowest BCUT2D eigenvalue weighted by Gasteiger charge is -2.34. The molecule has 0 saturated carbocycles. The van der Waals surface area contributed by atoms with Crippen LogP contribution in [-0.2, 0) is 0 Å². The van der Waals surface area contributed by atoms with Crippen LogP contribution < -0.4 is 0 Å². The maximum atomic E-state index is 2.41. The minimum absolute atomic E-state index is 0.605. The summed E-state index contributed by atoms with van der Waals surface area (Å²) in [6.45, 7) is 11.6. The quantitative estimate of drug-likeness (QED) is 0.423. The molecule has 0 aromatic rings. The first-order valence-corrected chi connectivity index (χ1v) is 7.30. The molecule has 0 rings (SSSR count). The molecule has 0 N–H and O–H groups in total. The van der Waals surface area contributed by atoms with Gasteiger partial charge < -0.3 is 0 Å². The lowest BCUT2D eigenvalue weighted by molar-refractivity contribution is 0.191. The van der Waals surface area contributed by atoms with Crippen molar-refractivity contribution in [2.24, 2.45) is 11.3 Å². The van der Waals surface area contributed by atoms with E-state index in [9.17, 15) is 0 Å². The molecule has 0 aliphatic carbocycles. The van der Waals surface area contributed by atoms with E-state index in [1.165, 1.54) is 44.9 Å². The Bertz CT molecular complexity index is 174. The monoisotopic (exact) mass is 224 g/mol. The highest BCUT2D eigenvalue weighted by molar-refractivity contribution is 4.90. The van der Waals surface area contributed by atoms with E-state index in [0.717, 1.165) is 5.92 Å². The Morgan fingerprint density at radius 3 is 2.12 bits per heavy atom. The van der Waals surface area contributed by atoms with Crippen LogP contribution in [0.25, 0.3) is 0 Å². The molecule has 1 atom stereocenters. The van der Waals surface area contributed by atoms with Gasteiger partial charge in [0.2, 0.25) is 0 Å². The van der Waals surface area contributed by atoms with Crippen molar-refractivity contribution in [1.29, 1.82) is 0 Å². The molecule has 0 aliphatic rings. The van der Waals surface area contributed by atoms with Gasteiger partial charge in [0.1, 0.15) is 0 Å². The zero-order valence-electron chi connectivity index (χ0n) is 12.2. The zero-order valence-corrected chi connectivity index (χ0v) is 12.2. The predicted molar refractivity (Wildman–Crippen MR) is 75.8 cm³/mol. The second-order valence-corrected chi connectivity index (χ2v) is 5.33. The van der Waals surface area contributed by atoms with E-state index in [1.807, 2.05) is 0 Å². The molecule has 0 heterocycles. The Hall–Kier alpha value is -0.260. The molecule has 0 heteroatoms. The highest BCUT2D eigenvalue weighted by Gasteiger charge is 2.26. The number of allylic oxidation sites excluding steroid dienone is 2. The minimum atomic E-state index is 0.605. The standard InChI is InChI=1S/C16H32/c1-6-10-12-15(5)14-16(8-3,9-4)13-11-7-2/h10,12,15H,6-9,11,13-14H2,1-5H3. The van der Waals surface area contributed by atoms with Gasteiger partial charge in [0.15, 0.2) is 0 Å². The number of unbranched alkanes of at least 4 members (excludes halogenated alkanes) is 1. The lowest BCUT2D eigenvalue weighted by atomic mass is 9.72. The SMILES string of the molecule is CCC=CC(C)CC(CC)(CC)CCCC. The topological polar surface area (TPSA) is 0 Å². The summed E-state index contributed by atoms with van der Waals surface area (Å²) in [6.07, 6.45) is 14.1. The van der Waals surface area contributed by atoms with Crippen LogP contribution in [0, 0.1) is 11.3 Å². The Balaban J connectivity index is 4.34. The molecule has 0 saturated heterocycles. The normalized spacial score (nSPS) is 14.6. The van der Waals surface area contributed by atoms with Crippen molar-refractivity contribution in [3.05, 3.63) is 12.2 Å². The van der Waals surface area contributed by atoms with Crippen molar-refractivity contribution in [2.45, 2.75) is 79.6 Å². The van der Waals surface area contributed by atoms with Crippen molar-refractivity contribution in [1.82, 2.24) is 0 Å². The summed E-state index contributed by atoms with van der Waals surface area (Å²) in [4.78, 5) is 0. The molecule has 16 heavy (non-hydrogen) atoms. The molecule has 0 nitrogen and oxygen atoms in total. The van der Waals surface area contributed by atoms with E-state index in [0.29, 0.717) is 5.41 Å².